The first-order valence-electron chi connectivity index (χ1n) is 5.83. The van der Waals surface area contributed by atoms with Crippen molar-refractivity contribution in [1.82, 2.24) is 0 Å². The lowest BCUT2D eigenvalue weighted by Gasteiger charge is -2.13. The van der Waals surface area contributed by atoms with Crippen molar-refractivity contribution < 1.29 is 27.4 Å². The number of rotatable bonds is 5. The molecule has 0 spiro atoms. The third kappa shape index (κ3) is 5.63. The summed E-state index contributed by atoms with van der Waals surface area (Å²) in [5.74, 6) is -0.732. The van der Waals surface area contributed by atoms with Crippen LogP contribution in [0.25, 0.3) is 0 Å². The first-order chi connectivity index (χ1) is 8.81. The van der Waals surface area contributed by atoms with Crippen molar-refractivity contribution >= 4 is 5.97 Å². The number of ether oxygens (including phenoxy) is 2. The van der Waals surface area contributed by atoms with Gasteiger partial charge in [0.25, 0.3) is 0 Å². The van der Waals surface area contributed by atoms with Crippen molar-refractivity contribution in [2.24, 2.45) is 0 Å². The molecule has 0 aliphatic heterocycles. The van der Waals surface area contributed by atoms with Gasteiger partial charge in [-0.15, -0.1) is 13.2 Å². The summed E-state index contributed by atoms with van der Waals surface area (Å²) in [7, 11) is 0. The van der Waals surface area contributed by atoms with E-state index in [1.54, 1.807) is 13.8 Å². The molecule has 0 amide bonds. The Labute approximate surface area is 109 Å². The maximum atomic E-state index is 12.0. The van der Waals surface area contributed by atoms with Crippen LogP contribution in [0.5, 0.6) is 5.75 Å². The minimum absolute atomic E-state index is 0.126. The van der Waals surface area contributed by atoms with Crippen LogP contribution >= 0.6 is 0 Å². The van der Waals surface area contributed by atoms with Crippen LogP contribution in [0.4, 0.5) is 13.2 Å². The predicted octanol–water partition coefficient (Wildman–Crippen LogP) is 3.64. The number of carbonyl (C=O) groups excluding carboxylic acids is 1. The molecule has 0 aliphatic carbocycles. The van der Waals surface area contributed by atoms with Crippen LogP contribution in [0.15, 0.2) is 24.3 Å². The van der Waals surface area contributed by atoms with Crippen molar-refractivity contribution in [3.63, 3.8) is 0 Å². The van der Waals surface area contributed by atoms with E-state index in [9.17, 15) is 18.0 Å². The van der Waals surface area contributed by atoms with Crippen LogP contribution in [0.1, 0.15) is 31.7 Å². The molecule has 1 aromatic carbocycles. The van der Waals surface area contributed by atoms with Crippen LogP contribution < -0.4 is 4.74 Å². The van der Waals surface area contributed by atoms with E-state index in [0.29, 0.717) is 6.61 Å². The summed E-state index contributed by atoms with van der Waals surface area (Å²) >= 11 is 0. The zero-order valence-corrected chi connectivity index (χ0v) is 10.7. The third-order valence-electron chi connectivity index (χ3n) is 2.46. The maximum absolute atomic E-state index is 12.0. The molecule has 6 heteroatoms. The monoisotopic (exact) mass is 276 g/mol. The summed E-state index contributed by atoms with van der Waals surface area (Å²) < 4.78 is 44.5. The second kappa shape index (κ2) is 6.45. The number of alkyl halides is 3. The SMILES string of the molecule is CCOC(=O)CC(C)c1ccc(OC(F)(F)F)cc1. The lowest BCUT2D eigenvalue weighted by atomic mass is 9.98. The van der Waals surface area contributed by atoms with Crippen LogP contribution in [0, 0.1) is 0 Å². The molecule has 0 bridgehead atoms. The highest BCUT2D eigenvalue weighted by Crippen LogP contribution is 2.26. The van der Waals surface area contributed by atoms with Gasteiger partial charge in [0.15, 0.2) is 0 Å². The highest BCUT2D eigenvalue weighted by molar-refractivity contribution is 5.70. The average Bonchev–Trinajstić information content (AvgIpc) is 2.27. The molecule has 3 nitrogen and oxygen atoms in total. The van der Waals surface area contributed by atoms with Crippen molar-refractivity contribution in [2.75, 3.05) is 6.61 Å². The standard InChI is InChI=1S/C13H15F3O3/c1-3-18-12(17)8-9(2)10-4-6-11(7-5-10)19-13(14,15)16/h4-7,9H,3,8H2,1-2H3. The Bertz CT molecular complexity index is 412. The molecule has 106 valence electrons. The molecule has 0 aromatic heterocycles. The molecule has 0 fully saturated rings. The molecule has 0 heterocycles. The summed E-state index contributed by atoms with van der Waals surface area (Å²) in [6, 6.07) is 5.46. The highest BCUT2D eigenvalue weighted by atomic mass is 19.4. The van der Waals surface area contributed by atoms with E-state index < -0.39 is 6.36 Å². The topological polar surface area (TPSA) is 35.5 Å². The Morgan fingerprint density at radius 2 is 1.84 bits per heavy atom. The molecule has 0 saturated carbocycles. The van der Waals surface area contributed by atoms with Crippen molar-refractivity contribution in [3.8, 4) is 5.75 Å². The Balaban J connectivity index is 2.63. The molecule has 1 unspecified atom stereocenters. The van der Waals surface area contributed by atoms with Gasteiger partial charge in [-0.1, -0.05) is 19.1 Å². The number of carbonyl (C=O) groups is 1. The zero-order chi connectivity index (χ0) is 14.5. The van der Waals surface area contributed by atoms with Gasteiger partial charge in [-0.25, -0.2) is 0 Å². The first-order valence-corrected chi connectivity index (χ1v) is 5.83. The van der Waals surface area contributed by atoms with E-state index in [1.807, 2.05) is 0 Å². The van der Waals surface area contributed by atoms with Crippen LogP contribution in [0.3, 0.4) is 0 Å². The summed E-state index contributed by atoms with van der Waals surface area (Å²) in [5.41, 5.74) is 0.752. The molecular weight excluding hydrogens is 261 g/mol. The smallest absolute Gasteiger partial charge is 0.466 e. The maximum Gasteiger partial charge on any atom is 0.573 e. The molecule has 0 radical (unpaired) electrons. The molecule has 0 saturated heterocycles. The second-order valence-corrected chi connectivity index (χ2v) is 4.03. The van der Waals surface area contributed by atoms with E-state index in [2.05, 4.69) is 4.74 Å². The zero-order valence-electron chi connectivity index (χ0n) is 10.7. The van der Waals surface area contributed by atoms with Crippen LogP contribution in [-0.2, 0) is 9.53 Å². The third-order valence-corrected chi connectivity index (χ3v) is 2.46. The second-order valence-electron chi connectivity index (χ2n) is 4.03. The molecular formula is C13H15F3O3. The van der Waals surface area contributed by atoms with Gasteiger partial charge in [0.05, 0.1) is 13.0 Å². The summed E-state index contributed by atoms with van der Waals surface area (Å²) in [4.78, 5) is 11.3. The first kappa shape index (κ1) is 15.3. The highest BCUT2D eigenvalue weighted by Gasteiger charge is 2.31. The predicted molar refractivity (Wildman–Crippen MR) is 62.8 cm³/mol. The summed E-state index contributed by atoms with van der Waals surface area (Å²) in [5, 5.41) is 0. The molecule has 0 N–H and O–H groups in total. The van der Waals surface area contributed by atoms with Gasteiger partial charge in [0, 0.05) is 0 Å². The Morgan fingerprint density at radius 3 is 2.32 bits per heavy atom. The van der Waals surface area contributed by atoms with Crippen molar-refractivity contribution in [2.45, 2.75) is 32.5 Å². The summed E-state index contributed by atoms with van der Waals surface area (Å²) in [6.45, 7) is 3.83. The molecule has 1 aromatic rings. The fourth-order valence-electron chi connectivity index (χ4n) is 1.59. The van der Waals surface area contributed by atoms with Crippen LogP contribution in [0.2, 0.25) is 0 Å². The average molecular weight is 276 g/mol. The number of halogens is 3. The molecule has 1 atom stereocenters. The van der Waals surface area contributed by atoms with Gasteiger partial charge < -0.3 is 9.47 Å². The van der Waals surface area contributed by atoms with E-state index >= 15 is 0 Å². The molecule has 19 heavy (non-hydrogen) atoms. The van der Waals surface area contributed by atoms with Gasteiger partial charge in [0.1, 0.15) is 5.75 Å². The fraction of sp³-hybridized carbons (Fsp3) is 0.462. The normalized spacial score (nSPS) is 12.9. The van der Waals surface area contributed by atoms with Gasteiger partial charge in [-0.2, -0.15) is 0 Å². The Kier molecular flexibility index (Phi) is 5.20. The molecule has 1 rings (SSSR count). The lowest BCUT2D eigenvalue weighted by Crippen LogP contribution is -2.17. The molecule has 0 aliphatic rings. The van der Waals surface area contributed by atoms with E-state index in [-0.39, 0.29) is 24.1 Å². The number of esters is 1. The number of benzene rings is 1. The van der Waals surface area contributed by atoms with Crippen LogP contribution in [-0.4, -0.2) is 18.9 Å². The van der Waals surface area contributed by atoms with E-state index in [1.165, 1.54) is 24.3 Å². The van der Waals surface area contributed by atoms with Gasteiger partial charge in [-0.05, 0) is 30.5 Å². The minimum Gasteiger partial charge on any atom is -0.466 e. The Hall–Kier alpha value is -1.72. The van der Waals surface area contributed by atoms with E-state index in [0.717, 1.165) is 5.56 Å². The van der Waals surface area contributed by atoms with Gasteiger partial charge in [0.2, 0.25) is 0 Å². The van der Waals surface area contributed by atoms with Crippen molar-refractivity contribution in [3.05, 3.63) is 29.8 Å². The van der Waals surface area contributed by atoms with Gasteiger partial charge >= 0.3 is 12.3 Å². The minimum atomic E-state index is -4.70. The number of hydrogen-bond donors (Lipinski definition) is 0. The Morgan fingerprint density at radius 1 is 1.26 bits per heavy atom. The fourth-order valence-corrected chi connectivity index (χ4v) is 1.59. The largest absolute Gasteiger partial charge is 0.573 e. The van der Waals surface area contributed by atoms with Gasteiger partial charge in [-0.3, -0.25) is 4.79 Å². The van der Waals surface area contributed by atoms with Crippen molar-refractivity contribution in [1.29, 1.82) is 0 Å². The quantitative estimate of drug-likeness (QED) is 0.770. The van der Waals surface area contributed by atoms with E-state index in [4.69, 9.17) is 4.74 Å². The summed E-state index contributed by atoms with van der Waals surface area (Å²) in [6.07, 6.45) is -4.51. The lowest BCUT2D eigenvalue weighted by molar-refractivity contribution is -0.274. The number of hydrogen-bond acceptors (Lipinski definition) is 3.